The van der Waals surface area contributed by atoms with E-state index in [-0.39, 0.29) is 5.54 Å². The van der Waals surface area contributed by atoms with Gasteiger partial charge in [-0.1, -0.05) is 36.4 Å². The Balaban J connectivity index is 2.20. The van der Waals surface area contributed by atoms with Crippen LogP contribution in [0.5, 0.6) is 0 Å². The first-order chi connectivity index (χ1) is 10.3. The first-order valence-electron chi connectivity index (χ1n) is 8.05. The van der Waals surface area contributed by atoms with Crippen molar-refractivity contribution in [3.63, 3.8) is 0 Å². The molecule has 120 valence electrons. The summed E-state index contributed by atoms with van der Waals surface area (Å²) in [5.74, 6) is 0. The van der Waals surface area contributed by atoms with E-state index < -0.39 is 5.54 Å². The number of nitrogens with zero attached hydrogens (tertiary/aromatic N) is 1. The van der Waals surface area contributed by atoms with Gasteiger partial charge in [0, 0.05) is 24.3 Å². The zero-order valence-corrected chi connectivity index (χ0v) is 14.3. The molecule has 22 heavy (non-hydrogen) atoms. The van der Waals surface area contributed by atoms with Gasteiger partial charge < -0.3 is 16.4 Å². The first-order valence-corrected chi connectivity index (χ1v) is 8.05. The number of nitrogens with two attached hydrogens (primary N) is 2. The molecule has 0 bridgehead atoms. The Bertz CT molecular complexity index is 563. The third kappa shape index (κ3) is 3.42. The molecule has 0 aromatic heterocycles. The van der Waals surface area contributed by atoms with E-state index in [9.17, 15) is 0 Å². The summed E-state index contributed by atoms with van der Waals surface area (Å²) in [7, 11) is 0. The highest BCUT2D eigenvalue weighted by atomic mass is 15.2. The molecule has 1 atom stereocenters. The average Bonchev–Trinajstić information content (AvgIpc) is 2.49. The van der Waals surface area contributed by atoms with Gasteiger partial charge in [-0.2, -0.15) is 0 Å². The molecular weight excluding hydrogens is 270 g/mol. The van der Waals surface area contributed by atoms with Crippen molar-refractivity contribution < 1.29 is 0 Å². The molecule has 3 nitrogen and oxygen atoms in total. The van der Waals surface area contributed by atoms with Crippen molar-refractivity contribution in [2.75, 3.05) is 6.54 Å². The number of rotatable bonds is 4. The van der Waals surface area contributed by atoms with Gasteiger partial charge in [0.1, 0.15) is 0 Å². The maximum absolute atomic E-state index is 6.60. The molecule has 0 amide bonds. The maximum atomic E-state index is 6.60. The predicted molar refractivity (Wildman–Crippen MR) is 94.2 cm³/mol. The minimum Gasteiger partial charge on any atom is -0.367 e. The second kappa shape index (κ2) is 6.27. The summed E-state index contributed by atoms with van der Waals surface area (Å²) in [6.45, 7) is 10.5. The van der Waals surface area contributed by atoms with Crippen molar-refractivity contribution in [1.29, 1.82) is 0 Å². The van der Waals surface area contributed by atoms with E-state index in [1.807, 2.05) is 0 Å². The molecule has 0 spiro atoms. The van der Waals surface area contributed by atoms with E-state index in [0.29, 0.717) is 6.54 Å². The zero-order chi connectivity index (χ0) is 16.4. The molecule has 0 aliphatic heterocycles. The highest BCUT2D eigenvalue weighted by Crippen LogP contribution is 2.32. The van der Waals surface area contributed by atoms with Crippen LogP contribution in [0.4, 0.5) is 0 Å². The molecule has 0 fully saturated rings. The zero-order valence-electron chi connectivity index (χ0n) is 14.3. The fourth-order valence-corrected chi connectivity index (χ4v) is 3.05. The molecule has 1 unspecified atom stereocenters. The van der Waals surface area contributed by atoms with Gasteiger partial charge >= 0.3 is 0 Å². The minimum atomic E-state index is -0.423. The summed E-state index contributed by atoms with van der Waals surface area (Å²) < 4.78 is 0. The van der Waals surface area contributed by atoms with E-state index in [1.54, 1.807) is 0 Å². The Morgan fingerprint density at radius 1 is 1.18 bits per heavy atom. The summed E-state index contributed by atoms with van der Waals surface area (Å²) in [5.41, 5.74) is 15.5. The smallest absolute Gasteiger partial charge is 0.0634 e. The predicted octanol–water partition coefficient (Wildman–Crippen LogP) is 3.26. The van der Waals surface area contributed by atoms with Gasteiger partial charge in [-0.05, 0) is 51.3 Å². The van der Waals surface area contributed by atoms with Crippen LogP contribution < -0.4 is 11.5 Å². The standard InChI is InChI=1S/C19H29N3/c1-5-22(18(2,3)4)17-10-12-19(21,13-11-17)16-8-6-15(14-20)7-9-16/h6-12H,5,13-14,20-21H2,1-4H3. The molecule has 0 saturated heterocycles. The molecule has 0 heterocycles. The lowest BCUT2D eigenvalue weighted by Gasteiger charge is -2.40. The molecule has 4 N–H and O–H groups in total. The molecule has 1 aromatic carbocycles. The Labute approximate surface area is 134 Å². The Morgan fingerprint density at radius 2 is 1.82 bits per heavy atom. The summed E-state index contributed by atoms with van der Waals surface area (Å²) >= 11 is 0. The van der Waals surface area contributed by atoms with Crippen LogP contribution in [0.15, 0.2) is 48.2 Å². The van der Waals surface area contributed by atoms with Crippen molar-refractivity contribution in [3.05, 3.63) is 59.3 Å². The van der Waals surface area contributed by atoms with Gasteiger partial charge in [-0.15, -0.1) is 0 Å². The van der Waals surface area contributed by atoms with E-state index in [0.717, 1.165) is 24.1 Å². The molecular formula is C19H29N3. The monoisotopic (exact) mass is 299 g/mol. The van der Waals surface area contributed by atoms with Gasteiger partial charge in [-0.25, -0.2) is 0 Å². The van der Waals surface area contributed by atoms with Crippen molar-refractivity contribution in [1.82, 2.24) is 4.90 Å². The molecule has 1 aliphatic carbocycles. The lowest BCUT2D eigenvalue weighted by molar-refractivity contribution is 0.199. The first kappa shape index (κ1) is 16.8. The largest absolute Gasteiger partial charge is 0.367 e. The normalized spacial score (nSPS) is 21.6. The van der Waals surface area contributed by atoms with Crippen LogP contribution in [0, 0.1) is 0 Å². The van der Waals surface area contributed by atoms with Crippen LogP contribution in [-0.2, 0) is 12.1 Å². The Morgan fingerprint density at radius 3 is 2.23 bits per heavy atom. The van der Waals surface area contributed by atoms with Gasteiger partial charge in [0.25, 0.3) is 0 Å². The lowest BCUT2D eigenvalue weighted by atomic mass is 9.83. The average molecular weight is 299 g/mol. The van der Waals surface area contributed by atoms with E-state index >= 15 is 0 Å². The second-order valence-electron chi connectivity index (χ2n) is 7.02. The van der Waals surface area contributed by atoms with E-state index in [2.05, 4.69) is 75.1 Å². The summed E-state index contributed by atoms with van der Waals surface area (Å²) in [5, 5.41) is 0. The lowest BCUT2D eigenvalue weighted by Crippen LogP contribution is -2.42. The Kier molecular flexibility index (Phi) is 4.78. The quantitative estimate of drug-likeness (QED) is 0.897. The van der Waals surface area contributed by atoms with Crippen LogP contribution in [0.1, 0.15) is 45.2 Å². The van der Waals surface area contributed by atoms with E-state index in [4.69, 9.17) is 11.5 Å². The van der Waals surface area contributed by atoms with Gasteiger partial charge in [0.2, 0.25) is 0 Å². The summed E-state index contributed by atoms with van der Waals surface area (Å²) in [4.78, 5) is 2.40. The maximum Gasteiger partial charge on any atom is 0.0634 e. The number of likely N-dealkylation sites (N-methyl/N-ethyl adjacent to an activating group) is 1. The highest BCUT2D eigenvalue weighted by molar-refractivity contribution is 5.38. The number of hydrogen-bond acceptors (Lipinski definition) is 3. The number of allylic oxidation sites excluding steroid dienone is 1. The van der Waals surface area contributed by atoms with Gasteiger partial charge in [0.05, 0.1) is 5.54 Å². The highest BCUT2D eigenvalue weighted by Gasteiger charge is 2.28. The van der Waals surface area contributed by atoms with Gasteiger partial charge in [-0.3, -0.25) is 0 Å². The molecule has 1 aromatic rings. The molecule has 1 aliphatic rings. The SMILES string of the molecule is CCN(C1=CCC(N)(c2ccc(CN)cc2)C=C1)C(C)(C)C. The molecule has 0 saturated carbocycles. The summed E-state index contributed by atoms with van der Waals surface area (Å²) in [6.07, 6.45) is 7.36. The van der Waals surface area contributed by atoms with E-state index in [1.165, 1.54) is 5.70 Å². The molecule has 2 rings (SSSR count). The third-order valence-corrected chi connectivity index (χ3v) is 4.37. The summed E-state index contributed by atoms with van der Waals surface area (Å²) in [6, 6.07) is 8.30. The van der Waals surface area contributed by atoms with Crippen molar-refractivity contribution in [3.8, 4) is 0 Å². The molecule has 0 radical (unpaired) electrons. The van der Waals surface area contributed by atoms with Crippen molar-refractivity contribution >= 4 is 0 Å². The third-order valence-electron chi connectivity index (χ3n) is 4.37. The Hall–Kier alpha value is -1.58. The number of hydrogen-bond donors (Lipinski definition) is 2. The number of benzene rings is 1. The van der Waals surface area contributed by atoms with Crippen LogP contribution in [0.25, 0.3) is 0 Å². The van der Waals surface area contributed by atoms with Crippen LogP contribution in [0.3, 0.4) is 0 Å². The van der Waals surface area contributed by atoms with Crippen molar-refractivity contribution in [2.45, 2.75) is 51.7 Å². The topological polar surface area (TPSA) is 55.3 Å². The van der Waals surface area contributed by atoms with Crippen LogP contribution >= 0.6 is 0 Å². The van der Waals surface area contributed by atoms with Gasteiger partial charge in [0.15, 0.2) is 0 Å². The molecule has 3 heteroatoms. The minimum absolute atomic E-state index is 0.113. The second-order valence-corrected chi connectivity index (χ2v) is 7.02. The van der Waals surface area contributed by atoms with Crippen LogP contribution in [0.2, 0.25) is 0 Å². The van der Waals surface area contributed by atoms with Crippen molar-refractivity contribution in [2.24, 2.45) is 11.5 Å². The fourth-order valence-electron chi connectivity index (χ4n) is 3.05. The van der Waals surface area contributed by atoms with Crippen LogP contribution in [-0.4, -0.2) is 17.0 Å². The fraction of sp³-hybridized carbons (Fsp3) is 0.474.